The molecule has 1 unspecified atom stereocenters. The molecule has 1 amide bonds. The summed E-state index contributed by atoms with van der Waals surface area (Å²) in [5.41, 5.74) is 0.495. The van der Waals surface area contributed by atoms with Crippen molar-refractivity contribution in [1.29, 1.82) is 0 Å². The third-order valence-electron chi connectivity index (χ3n) is 2.50. The predicted molar refractivity (Wildman–Crippen MR) is 79.2 cm³/mol. The normalized spacial score (nSPS) is 12.0. The van der Waals surface area contributed by atoms with Crippen LogP contribution in [-0.2, 0) is 4.74 Å². The van der Waals surface area contributed by atoms with Crippen LogP contribution in [0.5, 0.6) is 5.75 Å². The molecular formula is C13H17BrClNO3. The Labute approximate surface area is 126 Å². The van der Waals surface area contributed by atoms with Gasteiger partial charge in [0.05, 0.1) is 24.7 Å². The van der Waals surface area contributed by atoms with Gasteiger partial charge in [-0.1, -0.05) is 15.9 Å². The van der Waals surface area contributed by atoms with E-state index in [4.69, 9.17) is 21.1 Å². The molecule has 0 aromatic heterocycles. The highest BCUT2D eigenvalue weighted by atomic mass is 79.9. The monoisotopic (exact) mass is 349 g/mol. The van der Waals surface area contributed by atoms with Crippen LogP contribution >= 0.6 is 27.5 Å². The average molecular weight is 351 g/mol. The van der Waals surface area contributed by atoms with Crippen LogP contribution in [0.1, 0.15) is 16.8 Å². The van der Waals surface area contributed by atoms with Gasteiger partial charge in [0.2, 0.25) is 0 Å². The largest absolute Gasteiger partial charge is 0.496 e. The summed E-state index contributed by atoms with van der Waals surface area (Å²) in [7, 11) is 3.13. The van der Waals surface area contributed by atoms with Crippen molar-refractivity contribution in [2.45, 2.75) is 11.8 Å². The van der Waals surface area contributed by atoms with Crippen molar-refractivity contribution in [3.8, 4) is 5.75 Å². The van der Waals surface area contributed by atoms with Crippen molar-refractivity contribution >= 4 is 33.4 Å². The smallest absolute Gasteiger partial charge is 0.255 e. The second-order valence-electron chi connectivity index (χ2n) is 3.94. The lowest BCUT2D eigenvalue weighted by atomic mass is 10.2. The van der Waals surface area contributed by atoms with Crippen molar-refractivity contribution in [3.63, 3.8) is 0 Å². The number of carbonyl (C=O) groups excluding carboxylic acids is 1. The third kappa shape index (κ3) is 5.38. The Morgan fingerprint density at radius 3 is 2.84 bits per heavy atom. The molecule has 6 heteroatoms. The summed E-state index contributed by atoms with van der Waals surface area (Å²) in [5.74, 6) is 0.361. The molecule has 0 radical (unpaired) electrons. The fraction of sp³-hybridized carbons (Fsp3) is 0.462. The zero-order valence-electron chi connectivity index (χ0n) is 10.9. The zero-order valence-corrected chi connectivity index (χ0v) is 13.3. The zero-order chi connectivity index (χ0) is 14.3. The van der Waals surface area contributed by atoms with E-state index in [2.05, 4.69) is 21.2 Å². The van der Waals surface area contributed by atoms with Gasteiger partial charge in [-0.05, 0) is 24.6 Å². The van der Waals surface area contributed by atoms with Crippen LogP contribution in [0.3, 0.4) is 0 Å². The van der Waals surface area contributed by atoms with E-state index < -0.39 is 0 Å². The summed E-state index contributed by atoms with van der Waals surface area (Å²) < 4.78 is 10.9. The maximum Gasteiger partial charge on any atom is 0.255 e. The number of hydrogen-bond donors (Lipinski definition) is 1. The van der Waals surface area contributed by atoms with Gasteiger partial charge in [-0.2, -0.15) is 0 Å². The Morgan fingerprint density at radius 1 is 1.47 bits per heavy atom. The summed E-state index contributed by atoms with van der Waals surface area (Å²) in [6.07, 6.45) is 0.650. The van der Waals surface area contributed by atoms with Crippen molar-refractivity contribution in [3.05, 3.63) is 28.2 Å². The predicted octanol–water partition coefficient (Wildman–Crippen LogP) is 2.83. The maximum atomic E-state index is 12.0. The van der Waals surface area contributed by atoms with Gasteiger partial charge in [-0.3, -0.25) is 4.79 Å². The van der Waals surface area contributed by atoms with Gasteiger partial charge >= 0.3 is 0 Å². The molecule has 19 heavy (non-hydrogen) atoms. The van der Waals surface area contributed by atoms with E-state index in [9.17, 15) is 4.79 Å². The highest BCUT2D eigenvalue weighted by molar-refractivity contribution is 9.10. The van der Waals surface area contributed by atoms with Crippen LogP contribution in [0.2, 0.25) is 0 Å². The van der Waals surface area contributed by atoms with E-state index in [0.29, 0.717) is 30.9 Å². The Bertz CT molecular complexity index is 428. The number of rotatable bonds is 7. The van der Waals surface area contributed by atoms with Gasteiger partial charge in [-0.25, -0.2) is 0 Å². The first-order chi connectivity index (χ1) is 9.08. The first-order valence-electron chi connectivity index (χ1n) is 5.83. The lowest BCUT2D eigenvalue weighted by Crippen LogP contribution is -2.27. The van der Waals surface area contributed by atoms with Gasteiger partial charge in [-0.15, -0.1) is 11.6 Å². The Hall–Kier alpha value is -0.780. The van der Waals surface area contributed by atoms with Crippen molar-refractivity contribution in [1.82, 2.24) is 5.32 Å². The lowest BCUT2D eigenvalue weighted by molar-refractivity contribution is 0.0948. The first kappa shape index (κ1) is 16.3. The number of amides is 1. The van der Waals surface area contributed by atoms with Crippen LogP contribution in [0.15, 0.2) is 22.7 Å². The number of ether oxygens (including phenoxy) is 2. The van der Waals surface area contributed by atoms with Crippen LogP contribution in [0.25, 0.3) is 0 Å². The fourth-order valence-corrected chi connectivity index (χ4v) is 2.16. The maximum absolute atomic E-state index is 12.0. The van der Waals surface area contributed by atoms with Gasteiger partial charge in [0, 0.05) is 18.1 Å². The number of alkyl halides is 1. The van der Waals surface area contributed by atoms with E-state index >= 15 is 0 Å². The number of benzene rings is 1. The Balaban J connectivity index is 2.56. The van der Waals surface area contributed by atoms with Crippen LogP contribution < -0.4 is 10.1 Å². The van der Waals surface area contributed by atoms with Gasteiger partial charge in [0.15, 0.2) is 0 Å². The summed E-state index contributed by atoms with van der Waals surface area (Å²) in [5, 5.41) is 2.71. The topological polar surface area (TPSA) is 47.6 Å². The van der Waals surface area contributed by atoms with Crippen molar-refractivity contribution in [2.24, 2.45) is 0 Å². The number of halogens is 2. The molecule has 0 saturated heterocycles. The Morgan fingerprint density at radius 2 is 2.21 bits per heavy atom. The molecule has 0 bridgehead atoms. The van der Waals surface area contributed by atoms with Crippen LogP contribution in [0.4, 0.5) is 0 Å². The quantitative estimate of drug-likeness (QED) is 0.769. The van der Waals surface area contributed by atoms with Crippen molar-refractivity contribution < 1.29 is 14.3 Å². The van der Waals surface area contributed by atoms with Gasteiger partial charge < -0.3 is 14.8 Å². The summed E-state index contributed by atoms with van der Waals surface area (Å²) >= 11 is 9.32. The summed E-state index contributed by atoms with van der Waals surface area (Å²) in [6, 6.07) is 5.29. The molecule has 1 atom stereocenters. The molecule has 0 aliphatic carbocycles. The number of carbonyl (C=O) groups is 1. The van der Waals surface area contributed by atoms with Crippen LogP contribution in [0, 0.1) is 0 Å². The second kappa shape index (κ2) is 8.40. The molecule has 0 saturated carbocycles. The number of hydrogen-bond acceptors (Lipinski definition) is 3. The van der Waals surface area contributed by atoms with Crippen LogP contribution in [-0.4, -0.2) is 38.7 Å². The van der Waals surface area contributed by atoms with Gasteiger partial charge in [0.25, 0.3) is 5.91 Å². The average Bonchev–Trinajstić information content (AvgIpc) is 2.38. The SMILES string of the molecule is COCC(Cl)CCNC(=O)c1cc(Br)ccc1OC. The van der Waals surface area contributed by atoms with E-state index in [1.807, 2.05) is 6.07 Å². The standard InChI is InChI=1S/C13H17BrClNO3/c1-18-8-10(15)5-6-16-13(17)11-7-9(14)3-4-12(11)19-2/h3-4,7,10H,5-6,8H2,1-2H3,(H,16,17). The van der Waals surface area contributed by atoms with E-state index in [0.717, 1.165) is 4.47 Å². The molecule has 1 aromatic carbocycles. The molecule has 0 spiro atoms. The molecule has 0 aliphatic rings. The molecule has 106 valence electrons. The van der Waals surface area contributed by atoms with E-state index in [1.54, 1.807) is 19.2 Å². The fourth-order valence-electron chi connectivity index (χ4n) is 1.56. The molecule has 0 fully saturated rings. The minimum absolute atomic E-state index is 0.102. The Kier molecular flexibility index (Phi) is 7.20. The number of nitrogens with one attached hydrogen (secondary N) is 1. The highest BCUT2D eigenvalue weighted by Gasteiger charge is 2.13. The van der Waals surface area contributed by atoms with E-state index in [1.165, 1.54) is 7.11 Å². The third-order valence-corrected chi connectivity index (χ3v) is 3.33. The molecule has 4 nitrogen and oxygen atoms in total. The molecule has 1 N–H and O–H groups in total. The minimum atomic E-state index is -0.181. The van der Waals surface area contributed by atoms with Gasteiger partial charge in [0.1, 0.15) is 5.75 Å². The molecule has 0 aliphatic heterocycles. The first-order valence-corrected chi connectivity index (χ1v) is 7.06. The lowest BCUT2D eigenvalue weighted by Gasteiger charge is -2.11. The van der Waals surface area contributed by atoms with Crippen molar-refractivity contribution in [2.75, 3.05) is 27.4 Å². The molecular weight excluding hydrogens is 334 g/mol. The molecule has 1 aromatic rings. The second-order valence-corrected chi connectivity index (χ2v) is 5.47. The number of methoxy groups -OCH3 is 2. The van der Waals surface area contributed by atoms with E-state index in [-0.39, 0.29) is 11.3 Å². The molecule has 0 heterocycles. The summed E-state index contributed by atoms with van der Waals surface area (Å²) in [6.45, 7) is 0.962. The highest BCUT2D eigenvalue weighted by Crippen LogP contribution is 2.22. The molecule has 1 rings (SSSR count). The summed E-state index contributed by atoms with van der Waals surface area (Å²) in [4.78, 5) is 12.0. The minimum Gasteiger partial charge on any atom is -0.496 e.